The first kappa shape index (κ1) is 15.3. The Bertz CT molecular complexity index is 651. The Morgan fingerprint density at radius 2 is 2.23 bits per heavy atom. The van der Waals surface area contributed by atoms with Gasteiger partial charge in [0.05, 0.1) is 5.75 Å². The molecule has 22 heavy (non-hydrogen) atoms. The molecule has 2 heterocycles. The van der Waals surface area contributed by atoms with Crippen molar-refractivity contribution >= 4 is 34.1 Å². The SMILES string of the molecule is CCCn1nnnc1CSc1nnc(N(C(C)=O)C2CC2)s1. The summed E-state index contributed by atoms with van der Waals surface area (Å²) in [5, 5.41) is 20.7. The van der Waals surface area contributed by atoms with Crippen molar-refractivity contribution in [2.24, 2.45) is 0 Å². The molecule has 1 aliphatic rings. The molecule has 0 spiro atoms. The Kier molecular flexibility index (Phi) is 4.67. The van der Waals surface area contributed by atoms with E-state index in [1.807, 2.05) is 0 Å². The highest BCUT2D eigenvalue weighted by Crippen LogP contribution is 2.36. The molecule has 10 heteroatoms. The lowest BCUT2D eigenvalue weighted by Crippen LogP contribution is -2.30. The molecule has 0 saturated heterocycles. The molecule has 0 aliphatic heterocycles. The molecule has 0 bridgehead atoms. The van der Waals surface area contributed by atoms with Crippen molar-refractivity contribution in [1.82, 2.24) is 30.4 Å². The maximum Gasteiger partial charge on any atom is 0.225 e. The number of hydrogen-bond acceptors (Lipinski definition) is 8. The predicted octanol–water partition coefficient (Wildman–Crippen LogP) is 1.74. The first-order chi connectivity index (χ1) is 10.7. The minimum absolute atomic E-state index is 0.0297. The third kappa shape index (κ3) is 3.43. The predicted molar refractivity (Wildman–Crippen MR) is 83.8 cm³/mol. The molecule has 8 nitrogen and oxygen atoms in total. The van der Waals surface area contributed by atoms with Crippen molar-refractivity contribution < 1.29 is 4.79 Å². The molecule has 0 N–H and O–H groups in total. The van der Waals surface area contributed by atoms with E-state index < -0.39 is 0 Å². The van der Waals surface area contributed by atoms with Crippen molar-refractivity contribution in [3.63, 3.8) is 0 Å². The first-order valence-electron chi connectivity index (χ1n) is 7.20. The maximum absolute atomic E-state index is 11.7. The van der Waals surface area contributed by atoms with Crippen LogP contribution in [0.25, 0.3) is 0 Å². The lowest BCUT2D eigenvalue weighted by atomic mass is 10.5. The molecule has 1 aliphatic carbocycles. The Balaban J connectivity index is 1.64. The second-order valence-electron chi connectivity index (χ2n) is 5.08. The standard InChI is InChI=1S/C12H17N7OS2/c1-3-6-18-10(13-16-17-18)7-21-12-15-14-11(22-12)19(8(2)20)9-4-5-9/h9H,3-7H2,1-2H3. The van der Waals surface area contributed by atoms with E-state index in [-0.39, 0.29) is 5.91 Å². The van der Waals surface area contributed by atoms with Gasteiger partial charge in [-0.05, 0) is 29.7 Å². The largest absolute Gasteiger partial charge is 0.284 e. The summed E-state index contributed by atoms with van der Waals surface area (Å²) >= 11 is 2.99. The van der Waals surface area contributed by atoms with Gasteiger partial charge < -0.3 is 0 Å². The molecule has 2 aromatic rings. The Morgan fingerprint density at radius 1 is 1.41 bits per heavy atom. The lowest BCUT2D eigenvalue weighted by molar-refractivity contribution is -0.116. The van der Waals surface area contributed by atoms with Gasteiger partial charge in [0.2, 0.25) is 11.0 Å². The number of hydrogen-bond donors (Lipinski definition) is 0. The number of nitrogens with zero attached hydrogens (tertiary/aromatic N) is 7. The van der Waals surface area contributed by atoms with Gasteiger partial charge in [-0.3, -0.25) is 9.69 Å². The van der Waals surface area contributed by atoms with Crippen LogP contribution in [0.5, 0.6) is 0 Å². The van der Waals surface area contributed by atoms with Gasteiger partial charge in [-0.25, -0.2) is 4.68 Å². The number of rotatable bonds is 7. The van der Waals surface area contributed by atoms with Gasteiger partial charge in [0.1, 0.15) is 0 Å². The molecule has 0 atom stereocenters. The van der Waals surface area contributed by atoms with Crippen LogP contribution >= 0.6 is 23.1 Å². The molecule has 1 fully saturated rings. The van der Waals surface area contributed by atoms with E-state index in [0.717, 1.165) is 36.0 Å². The fourth-order valence-corrected chi connectivity index (χ4v) is 3.97. The number of tetrazole rings is 1. The van der Waals surface area contributed by atoms with Crippen LogP contribution in [0.4, 0.5) is 5.13 Å². The van der Waals surface area contributed by atoms with Crippen LogP contribution in [0, 0.1) is 0 Å². The first-order valence-corrected chi connectivity index (χ1v) is 9.00. The van der Waals surface area contributed by atoms with Crippen LogP contribution in [0.15, 0.2) is 4.34 Å². The average molecular weight is 339 g/mol. The van der Waals surface area contributed by atoms with Crippen molar-refractivity contribution in [3.8, 4) is 0 Å². The van der Waals surface area contributed by atoms with Gasteiger partial charge in [-0.15, -0.1) is 15.3 Å². The van der Waals surface area contributed by atoms with E-state index >= 15 is 0 Å². The monoisotopic (exact) mass is 339 g/mol. The van der Waals surface area contributed by atoms with E-state index in [4.69, 9.17) is 0 Å². The van der Waals surface area contributed by atoms with E-state index in [0.29, 0.717) is 16.9 Å². The zero-order valence-electron chi connectivity index (χ0n) is 12.5. The summed E-state index contributed by atoms with van der Waals surface area (Å²) < 4.78 is 2.63. The molecule has 0 aromatic carbocycles. The average Bonchev–Trinajstić information content (AvgIpc) is 3.02. The summed E-state index contributed by atoms with van der Waals surface area (Å²) in [6.45, 7) is 4.47. The smallest absolute Gasteiger partial charge is 0.225 e. The molecule has 1 saturated carbocycles. The van der Waals surface area contributed by atoms with Crippen molar-refractivity contribution in [3.05, 3.63) is 5.82 Å². The van der Waals surface area contributed by atoms with Gasteiger partial charge in [0, 0.05) is 19.5 Å². The number of thioether (sulfide) groups is 1. The number of amides is 1. The maximum atomic E-state index is 11.7. The molecular formula is C12H17N7OS2. The summed E-state index contributed by atoms with van der Waals surface area (Å²) in [5.74, 6) is 1.50. The number of aryl methyl sites for hydroxylation is 1. The van der Waals surface area contributed by atoms with Gasteiger partial charge in [0.15, 0.2) is 10.2 Å². The number of anilines is 1. The van der Waals surface area contributed by atoms with Crippen LogP contribution in [0.3, 0.4) is 0 Å². The van der Waals surface area contributed by atoms with Gasteiger partial charge in [0.25, 0.3) is 0 Å². The second kappa shape index (κ2) is 6.69. The lowest BCUT2D eigenvalue weighted by Gasteiger charge is -2.15. The fourth-order valence-electron chi connectivity index (χ4n) is 2.08. The zero-order chi connectivity index (χ0) is 15.5. The molecule has 0 unspecified atom stereocenters. The van der Waals surface area contributed by atoms with Crippen LogP contribution in [0.2, 0.25) is 0 Å². The third-order valence-electron chi connectivity index (χ3n) is 3.22. The summed E-state index contributed by atoms with van der Waals surface area (Å²) in [6, 6.07) is 0.306. The van der Waals surface area contributed by atoms with E-state index in [2.05, 4.69) is 32.6 Å². The van der Waals surface area contributed by atoms with E-state index in [1.54, 1.807) is 28.3 Å². The third-order valence-corrected chi connectivity index (χ3v) is 5.27. The minimum atomic E-state index is 0.0297. The van der Waals surface area contributed by atoms with Crippen molar-refractivity contribution in [2.45, 2.75) is 55.8 Å². The zero-order valence-corrected chi connectivity index (χ0v) is 14.1. The van der Waals surface area contributed by atoms with Crippen molar-refractivity contribution in [2.75, 3.05) is 4.90 Å². The second-order valence-corrected chi connectivity index (χ2v) is 7.26. The highest BCUT2D eigenvalue weighted by Gasteiger charge is 2.34. The summed E-state index contributed by atoms with van der Waals surface area (Å²) in [6.07, 6.45) is 3.08. The molecule has 2 aromatic heterocycles. The molecule has 0 radical (unpaired) electrons. The normalized spacial score (nSPS) is 14.3. The van der Waals surface area contributed by atoms with Crippen LogP contribution in [0.1, 0.15) is 38.9 Å². The van der Waals surface area contributed by atoms with Crippen LogP contribution < -0.4 is 4.90 Å². The number of carbonyl (C=O) groups excluding carboxylic acids is 1. The van der Waals surface area contributed by atoms with Gasteiger partial charge >= 0.3 is 0 Å². The van der Waals surface area contributed by atoms with Gasteiger partial charge in [-0.2, -0.15) is 0 Å². The fraction of sp³-hybridized carbons (Fsp3) is 0.667. The van der Waals surface area contributed by atoms with Gasteiger partial charge in [-0.1, -0.05) is 30.0 Å². The minimum Gasteiger partial charge on any atom is -0.284 e. The Morgan fingerprint density at radius 3 is 2.91 bits per heavy atom. The number of carbonyl (C=O) groups is 1. The molecule has 1 amide bonds. The summed E-state index contributed by atoms with van der Waals surface area (Å²) in [7, 11) is 0. The molecular weight excluding hydrogens is 322 g/mol. The molecule has 3 rings (SSSR count). The summed E-state index contributed by atoms with van der Waals surface area (Å²) in [5.41, 5.74) is 0. The molecule has 118 valence electrons. The van der Waals surface area contributed by atoms with Crippen LogP contribution in [-0.2, 0) is 17.1 Å². The Labute approximate surface area is 136 Å². The van der Waals surface area contributed by atoms with Crippen LogP contribution in [-0.4, -0.2) is 42.4 Å². The highest BCUT2D eigenvalue weighted by atomic mass is 32.2. The quantitative estimate of drug-likeness (QED) is 0.560. The van der Waals surface area contributed by atoms with E-state index in [9.17, 15) is 4.79 Å². The topological polar surface area (TPSA) is 89.7 Å². The van der Waals surface area contributed by atoms with E-state index in [1.165, 1.54) is 11.3 Å². The summed E-state index contributed by atoms with van der Waals surface area (Å²) in [4.78, 5) is 13.5. The van der Waals surface area contributed by atoms with Crippen molar-refractivity contribution in [1.29, 1.82) is 0 Å². The highest BCUT2D eigenvalue weighted by molar-refractivity contribution is 8.00. The Hall–Kier alpha value is -1.55. The number of aromatic nitrogens is 6.